The fraction of sp³-hybridized carbons (Fsp3) is 0. The van der Waals surface area contributed by atoms with Crippen molar-refractivity contribution in [3.8, 4) is 44.5 Å². The Hall–Kier alpha value is -7.68. The molecule has 0 fully saturated rings. The van der Waals surface area contributed by atoms with E-state index in [9.17, 15) is 5.48 Å². The monoisotopic (exact) mass is 743 g/mol. The second kappa shape index (κ2) is 14.1. The highest BCUT2D eigenvalue weighted by Gasteiger charge is 2.21. The largest absolute Gasteiger partial charge is 0.455 e. The van der Waals surface area contributed by atoms with E-state index in [1.807, 2.05) is 120 Å². The smallest absolute Gasteiger partial charge is 0.143 e. The Bertz CT molecular complexity index is 3490. The van der Waals surface area contributed by atoms with Crippen LogP contribution in [0, 0.1) is 0 Å². The molecular formula is C56H37NO. The number of para-hydroxylation sites is 1. The Balaban J connectivity index is 1.14. The molecule has 1 aromatic heterocycles. The minimum atomic E-state index is -0.141. The molecule has 0 saturated heterocycles. The van der Waals surface area contributed by atoms with Crippen LogP contribution in [0.1, 0.15) is 5.48 Å². The summed E-state index contributed by atoms with van der Waals surface area (Å²) in [6.07, 6.45) is 0. The molecule has 0 unspecified atom stereocenters. The van der Waals surface area contributed by atoms with E-state index in [-0.39, 0.29) is 35.4 Å². The van der Waals surface area contributed by atoms with Crippen molar-refractivity contribution in [2.45, 2.75) is 0 Å². The third kappa shape index (κ3) is 5.82. The summed E-state index contributed by atoms with van der Waals surface area (Å²) in [5.41, 5.74) is 9.81. The zero-order chi connectivity index (χ0) is 41.9. The van der Waals surface area contributed by atoms with Gasteiger partial charge in [-0.1, -0.05) is 176 Å². The van der Waals surface area contributed by atoms with Gasteiger partial charge in [-0.3, -0.25) is 0 Å². The number of hydrogen-bond acceptors (Lipinski definition) is 2. The van der Waals surface area contributed by atoms with Crippen LogP contribution in [-0.4, -0.2) is 0 Å². The Kier molecular flexibility index (Phi) is 7.20. The maximum absolute atomic E-state index is 9.76. The zero-order valence-corrected chi connectivity index (χ0v) is 31.4. The molecule has 0 bridgehead atoms. The van der Waals surface area contributed by atoms with E-state index in [4.69, 9.17) is 4.42 Å². The highest BCUT2D eigenvalue weighted by Crippen LogP contribution is 2.46. The van der Waals surface area contributed by atoms with Gasteiger partial charge in [0.15, 0.2) is 0 Å². The van der Waals surface area contributed by atoms with Crippen molar-refractivity contribution in [2.24, 2.45) is 0 Å². The summed E-state index contributed by atoms with van der Waals surface area (Å²) in [7, 11) is 0. The van der Waals surface area contributed by atoms with E-state index < -0.39 is 0 Å². The van der Waals surface area contributed by atoms with Gasteiger partial charge >= 0.3 is 0 Å². The topological polar surface area (TPSA) is 16.4 Å². The summed E-state index contributed by atoms with van der Waals surface area (Å²) in [5, 5.41) is 6.37. The molecule has 2 heteroatoms. The minimum absolute atomic E-state index is 0.115. The van der Waals surface area contributed by atoms with E-state index >= 15 is 0 Å². The molecular weight excluding hydrogens is 703 g/mol. The van der Waals surface area contributed by atoms with E-state index in [1.165, 1.54) is 0 Å². The van der Waals surface area contributed by atoms with Gasteiger partial charge in [0, 0.05) is 33.1 Å². The van der Waals surface area contributed by atoms with Gasteiger partial charge in [0.1, 0.15) is 11.2 Å². The summed E-state index contributed by atoms with van der Waals surface area (Å²) in [4.78, 5) is 1.89. The fourth-order valence-electron chi connectivity index (χ4n) is 8.38. The lowest BCUT2D eigenvalue weighted by Gasteiger charge is -2.28. The standard InChI is InChI=1S/C56H37NO/c1-2-13-38(14-3-1)43-18-10-19-44(37-43)39-27-32-45(33-28-39)57(46-34-29-42(30-35-46)48-23-11-17-40-15-4-6-20-47(40)48)53-25-9-8-22-50(53)51-24-12-26-54-55(51)52-36-31-41-16-5-7-21-49(41)56(52)58-54/h1-37H/i27D,28D,32D,33D. The molecule has 0 radical (unpaired) electrons. The van der Waals surface area contributed by atoms with Crippen LogP contribution in [0.25, 0.3) is 88.0 Å². The predicted molar refractivity (Wildman–Crippen MR) is 245 cm³/mol. The van der Waals surface area contributed by atoms with Crippen LogP contribution < -0.4 is 4.90 Å². The van der Waals surface area contributed by atoms with Gasteiger partial charge in [-0.05, 0) is 104 Å². The Morgan fingerprint density at radius 1 is 0.362 bits per heavy atom. The number of rotatable bonds is 7. The van der Waals surface area contributed by atoms with Crippen molar-refractivity contribution < 1.29 is 9.90 Å². The molecule has 58 heavy (non-hydrogen) atoms. The molecule has 0 atom stereocenters. The summed E-state index contributed by atoms with van der Waals surface area (Å²) < 4.78 is 45.3. The minimum Gasteiger partial charge on any atom is -0.455 e. The second-order valence-corrected chi connectivity index (χ2v) is 14.5. The molecule has 1 heterocycles. The lowest BCUT2D eigenvalue weighted by molar-refractivity contribution is 0.673. The lowest BCUT2D eigenvalue weighted by Crippen LogP contribution is -2.11. The summed E-state index contributed by atoms with van der Waals surface area (Å²) in [6, 6.07) is 66.5. The molecule has 0 saturated carbocycles. The van der Waals surface area contributed by atoms with E-state index in [1.54, 1.807) is 0 Å². The molecule has 272 valence electrons. The SMILES string of the molecule is [2H]c1c([2H])c(N(c2ccc(-c3cccc4ccccc34)cc2)c2ccccc2-c2cccc3oc4c5ccccc5ccc4c23)c([2H])c([2H])c1-c1cccc(-c2ccccc2)c1. The molecule has 10 aromatic carbocycles. The molecule has 2 nitrogen and oxygen atoms in total. The van der Waals surface area contributed by atoms with Crippen LogP contribution in [0.4, 0.5) is 17.1 Å². The van der Waals surface area contributed by atoms with Crippen molar-refractivity contribution >= 4 is 60.5 Å². The highest BCUT2D eigenvalue weighted by molar-refractivity contribution is 6.19. The van der Waals surface area contributed by atoms with Gasteiger partial charge in [-0.15, -0.1) is 0 Å². The zero-order valence-electron chi connectivity index (χ0n) is 35.4. The quantitative estimate of drug-likeness (QED) is 0.162. The van der Waals surface area contributed by atoms with Crippen molar-refractivity contribution in [1.29, 1.82) is 0 Å². The maximum Gasteiger partial charge on any atom is 0.143 e. The molecule has 11 aromatic rings. The number of hydrogen-bond donors (Lipinski definition) is 0. The third-order valence-corrected chi connectivity index (χ3v) is 11.1. The molecule has 0 aliphatic rings. The van der Waals surface area contributed by atoms with Gasteiger partial charge in [-0.2, -0.15) is 0 Å². The molecule has 11 rings (SSSR count). The van der Waals surface area contributed by atoms with Crippen LogP contribution in [-0.2, 0) is 0 Å². The predicted octanol–water partition coefficient (Wildman–Crippen LogP) is 16.0. The van der Waals surface area contributed by atoms with Crippen LogP contribution in [0.3, 0.4) is 0 Å². The average molecular weight is 744 g/mol. The first kappa shape index (κ1) is 29.6. The van der Waals surface area contributed by atoms with Crippen molar-refractivity contribution in [3.63, 3.8) is 0 Å². The Morgan fingerprint density at radius 3 is 1.79 bits per heavy atom. The van der Waals surface area contributed by atoms with Gasteiger partial charge in [-0.25, -0.2) is 0 Å². The summed E-state index contributed by atoms with van der Waals surface area (Å²) in [5.74, 6) is 0. The lowest BCUT2D eigenvalue weighted by atomic mass is 9.95. The van der Waals surface area contributed by atoms with Gasteiger partial charge < -0.3 is 9.32 Å². The van der Waals surface area contributed by atoms with Gasteiger partial charge in [0.05, 0.1) is 11.2 Å². The average Bonchev–Trinajstić information content (AvgIpc) is 3.73. The van der Waals surface area contributed by atoms with E-state index in [0.29, 0.717) is 16.9 Å². The third-order valence-electron chi connectivity index (χ3n) is 11.1. The summed E-state index contributed by atoms with van der Waals surface area (Å²) in [6.45, 7) is 0. The second-order valence-electron chi connectivity index (χ2n) is 14.5. The molecule has 0 spiro atoms. The molecule has 0 amide bonds. The number of furan rings is 1. The number of anilines is 3. The Morgan fingerprint density at radius 2 is 0.966 bits per heavy atom. The molecule has 0 aliphatic carbocycles. The fourth-order valence-corrected chi connectivity index (χ4v) is 8.38. The highest BCUT2D eigenvalue weighted by atomic mass is 16.3. The van der Waals surface area contributed by atoms with Crippen molar-refractivity contribution in [2.75, 3.05) is 4.90 Å². The summed E-state index contributed by atoms with van der Waals surface area (Å²) >= 11 is 0. The van der Waals surface area contributed by atoms with Gasteiger partial charge in [0.2, 0.25) is 0 Å². The normalized spacial score (nSPS) is 12.4. The molecule has 0 N–H and O–H groups in total. The van der Waals surface area contributed by atoms with E-state index in [2.05, 4.69) is 84.9 Å². The van der Waals surface area contributed by atoms with Gasteiger partial charge in [0.25, 0.3) is 0 Å². The first-order valence-electron chi connectivity index (χ1n) is 21.5. The number of fused-ring (bicyclic) bond motifs is 6. The maximum atomic E-state index is 9.76. The number of benzene rings is 10. The van der Waals surface area contributed by atoms with Crippen molar-refractivity contribution in [1.82, 2.24) is 0 Å². The number of nitrogens with zero attached hydrogens (tertiary/aromatic N) is 1. The first-order valence-corrected chi connectivity index (χ1v) is 19.5. The van der Waals surface area contributed by atoms with E-state index in [0.717, 1.165) is 76.9 Å². The van der Waals surface area contributed by atoms with Crippen LogP contribution >= 0.6 is 0 Å². The van der Waals surface area contributed by atoms with Crippen LogP contribution in [0.5, 0.6) is 0 Å². The van der Waals surface area contributed by atoms with Crippen LogP contribution in [0.15, 0.2) is 229 Å². The van der Waals surface area contributed by atoms with Crippen molar-refractivity contribution in [3.05, 3.63) is 224 Å². The van der Waals surface area contributed by atoms with Crippen LogP contribution in [0.2, 0.25) is 0 Å². The Labute approximate surface area is 343 Å². The first-order chi connectivity index (χ1) is 30.4. The molecule has 0 aliphatic heterocycles.